The van der Waals surface area contributed by atoms with Crippen LogP contribution in [-0.2, 0) is 4.79 Å². The number of aliphatic hydroxyl groups excluding tert-OH is 1. The van der Waals surface area contributed by atoms with E-state index in [1.807, 2.05) is 0 Å². The molecule has 104 valence electrons. The van der Waals surface area contributed by atoms with Crippen LogP contribution in [0.3, 0.4) is 0 Å². The second kappa shape index (κ2) is 6.05. The van der Waals surface area contributed by atoms with E-state index in [4.69, 9.17) is 0 Å². The summed E-state index contributed by atoms with van der Waals surface area (Å²) in [7, 11) is 0. The molecule has 0 radical (unpaired) electrons. The van der Waals surface area contributed by atoms with Crippen molar-refractivity contribution < 1.29 is 9.90 Å². The summed E-state index contributed by atoms with van der Waals surface area (Å²) in [6.45, 7) is 2.34. The Balaban J connectivity index is 1.70. The molecular formula is C15H27NO2. The van der Waals surface area contributed by atoms with E-state index in [9.17, 15) is 9.90 Å². The Morgan fingerprint density at radius 2 is 1.94 bits per heavy atom. The van der Waals surface area contributed by atoms with Crippen LogP contribution >= 0.6 is 0 Å². The van der Waals surface area contributed by atoms with Crippen LogP contribution in [0.15, 0.2) is 0 Å². The van der Waals surface area contributed by atoms with Crippen LogP contribution in [0, 0.1) is 11.8 Å². The maximum Gasteiger partial charge on any atom is 0.223 e. The highest BCUT2D eigenvalue weighted by Crippen LogP contribution is 2.37. The van der Waals surface area contributed by atoms with Gasteiger partial charge in [-0.15, -0.1) is 0 Å². The van der Waals surface area contributed by atoms with E-state index in [1.165, 1.54) is 32.1 Å². The highest BCUT2D eigenvalue weighted by Gasteiger charge is 2.44. The summed E-state index contributed by atoms with van der Waals surface area (Å²) in [5.41, 5.74) is -0.240. The van der Waals surface area contributed by atoms with Crippen molar-refractivity contribution in [2.45, 2.75) is 70.3 Å². The molecule has 2 aliphatic carbocycles. The lowest BCUT2D eigenvalue weighted by molar-refractivity contribution is -0.127. The molecule has 2 fully saturated rings. The third-order valence-corrected chi connectivity index (χ3v) is 4.73. The summed E-state index contributed by atoms with van der Waals surface area (Å²) >= 11 is 0. The summed E-state index contributed by atoms with van der Waals surface area (Å²) in [6.07, 6.45) is 10.3. The van der Waals surface area contributed by atoms with Crippen LogP contribution in [0.2, 0.25) is 0 Å². The zero-order valence-corrected chi connectivity index (χ0v) is 11.6. The van der Waals surface area contributed by atoms with Crippen molar-refractivity contribution in [3.63, 3.8) is 0 Å². The fraction of sp³-hybridized carbons (Fsp3) is 0.933. The Morgan fingerprint density at radius 3 is 2.44 bits per heavy atom. The van der Waals surface area contributed by atoms with E-state index >= 15 is 0 Å². The van der Waals surface area contributed by atoms with Crippen LogP contribution in [0.4, 0.5) is 0 Å². The molecule has 2 N–H and O–H groups in total. The summed E-state index contributed by atoms with van der Waals surface area (Å²) in [5, 5.41) is 12.3. The van der Waals surface area contributed by atoms with Gasteiger partial charge < -0.3 is 10.4 Å². The van der Waals surface area contributed by atoms with E-state index in [-0.39, 0.29) is 24.0 Å². The lowest BCUT2D eigenvalue weighted by Crippen LogP contribution is -2.43. The topological polar surface area (TPSA) is 49.3 Å². The molecule has 0 aliphatic heterocycles. The van der Waals surface area contributed by atoms with Gasteiger partial charge in [-0.3, -0.25) is 4.79 Å². The Hall–Kier alpha value is -0.570. The maximum absolute atomic E-state index is 12.1. The fourth-order valence-electron chi connectivity index (χ4n) is 3.04. The van der Waals surface area contributed by atoms with Crippen LogP contribution in [-0.4, -0.2) is 23.2 Å². The molecule has 2 saturated carbocycles. The first-order valence-electron chi connectivity index (χ1n) is 7.62. The molecule has 0 unspecified atom stereocenters. The van der Waals surface area contributed by atoms with Gasteiger partial charge >= 0.3 is 0 Å². The second-order valence-electron chi connectivity index (χ2n) is 6.29. The Bertz CT molecular complexity index is 278. The minimum absolute atomic E-state index is 0.102. The average Bonchev–Trinajstić information content (AvgIpc) is 3.17. The van der Waals surface area contributed by atoms with Gasteiger partial charge in [-0.05, 0) is 44.4 Å². The first kappa shape index (κ1) is 13.9. The van der Waals surface area contributed by atoms with Crippen LogP contribution < -0.4 is 5.32 Å². The van der Waals surface area contributed by atoms with Gasteiger partial charge in [-0.2, -0.15) is 0 Å². The summed E-state index contributed by atoms with van der Waals surface area (Å²) in [4.78, 5) is 12.1. The van der Waals surface area contributed by atoms with Crippen molar-refractivity contribution in [2.75, 3.05) is 6.61 Å². The lowest BCUT2D eigenvalue weighted by atomic mass is 9.79. The van der Waals surface area contributed by atoms with Crippen molar-refractivity contribution in [2.24, 2.45) is 11.8 Å². The van der Waals surface area contributed by atoms with Crippen LogP contribution in [0.25, 0.3) is 0 Å². The molecule has 2 aliphatic rings. The molecule has 0 spiro atoms. The number of rotatable bonds is 6. The van der Waals surface area contributed by atoms with Gasteiger partial charge in [-0.25, -0.2) is 0 Å². The normalized spacial score (nSPS) is 29.9. The standard InChI is InChI=1S/C15H27NO2/c1-2-3-4-12-5-7-13(8-6-12)14(18)16-15(11-17)9-10-15/h12-13,17H,2-11H2,1H3,(H,16,18). The zero-order valence-electron chi connectivity index (χ0n) is 11.6. The van der Waals surface area contributed by atoms with Crippen molar-refractivity contribution >= 4 is 5.91 Å². The number of carbonyl (C=O) groups is 1. The molecule has 2 rings (SSSR count). The van der Waals surface area contributed by atoms with E-state index in [0.717, 1.165) is 31.6 Å². The third-order valence-electron chi connectivity index (χ3n) is 4.73. The van der Waals surface area contributed by atoms with Gasteiger partial charge in [0.25, 0.3) is 0 Å². The molecule has 3 heteroatoms. The van der Waals surface area contributed by atoms with E-state index in [1.54, 1.807) is 0 Å². The highest BCUT2D eigenvalue weighted by molar-refractivity contribution is 5.80. The van der Waals surface area contributed by atoms with Gasteiger partial charge in [0.05, 0.1) is 12.1 Å². The monoisotopic (exact) mass is 253 g/mol. The molecule has 0 atom stereocenters. The third kappa shape index (κ3) is 3.47. The summed E-state index contributed by atoms with van der Waals surface area (Å²) in [6, 6.07) is 0. The van der Waals surface area contributed by atoms with Gasteiger partial charge in [-0.1, -0.05) is 26.2 Å². The SMILES string of the molecule is CCCCC1CCC(C(=O)NC2(CO)CC2)CC1. The number of hydrogen-bond acceptors (Lipinski definition) is 2. The van der Waals surface area contributed by atoms with Gasteiger partial charge in [0.2, 0.25) is 5.91 Å². The lowest BCUT2D eigenvalue weighted by Gasteiger charge is -2.29. The van der Waals surface area contributed by atoms with Gasteiger partial charge in [0.1, 0.15) is 0 Å². The average molecular weight is 253 g/mol. The van der Waals surface area contributed by atoms with Crippen molar-refractivity contribution in [3.8, 4) is 0 Å². The van der Waals surface area contributed by atoms with Crippen molar-refractivity contribution in [1.29, 1.82) is 0 Å². The number of unbranched alkanes of at least 4 members (excludes halogenated alkanes) is 1. The summed E-state index contributed by atoms with van der Waals surface area (Å²) < 4.78 is 0. The molecule has 0 aromatic heterocycles. The van der Waals surface area contributed by atoms with Crippen molar-refractivity contribution in [3.05, 3.63) is 0 Å². The predicted molar refractivity (Wildman–Crippen MR) is 72.2 cm³/mol. The Kier molecular flexibility index (Phi) is 4.66. The molecule has 18 heavy (non-hydrogen) atoms. The molecule has 0 saturated heterocycles. The molecule has 3 nitrogen and oxygen atoms in total. The predicted octanol–water partition coefficient (Wildman–Crippen LogP) is 2.62. The van der Waals surface area contributed by atoms with Gasteiger partial charge in [0.15, 0.2) is 0 Å². The first-order valence-corrected chi connectivity index (χ1v) is 7.62. The molecule has 0 aromatic carbocycles. The Labute approximate surface area is 110 Å². The zero-order chi connectivity index (χ0) is 13.0. The second-order valence-corrected chi connectivity index (χ2v) is 6.29. The number of carbonyl (C=O) groups excluding carboxylic acids is 1. The molecule has 0 heterocycles. The van der Waals surface area contributed by atoms with E-state index in [2.05, 4.69) is 12.2 Å². The highest BCUT2D eigenvalue weighted by atomic mass is 16.3. The smallest absolute Gasteiger partial charge is 0.223 e. The van der Waals surface area contributed by atoms with Crippen LogP contribution in [0.1, 0.15) is 64.7 Å². The largest absolute Gasteiger partial charge is 0.394 e. The van der Waals surface area contributed by atoms with Crippen molar-refractivity contribution in [1.82, 2.24) is 5.32 Å². The van der Waals surface area contributed by atoms with Crippen LogP contribution in [0.5, 0.6) is 0 Å². The van der Waals surface area contributed by atoms with Gasteiger partial charge in [0, 0.05) is 5.92 Å². The molecular weight excluding hydrogens is 226 g/mol. The van der Waals surface area contributed by atoms with E-state index < -0.39 is 0 Å². The number of nitrogens with one attached hydrogen (secondary N) is 1. The first-order chi connectivity index (χ1) is 8.69. The molecule has 0 aromatic rings. The minimum atomic E-state index is -0.240. The number of aliphatic hydroxyl groups is 1. The fourth-order valence-corrected chi connectivity index (χ4v) is 3.04. The minimum Gasteiger partial charge on any atom is -0.394 e. The maximum atomic E-state index is 12.1. The summed E-state index contributed by atoms with van der Waals surface area (Å²) in [5.74, 6) is 1.24. The molecule has 1 amide bonds. The quantitative estimate of drug-likeness (QED) is 0.764. The Morgan fingerprint density at radius 1 is 1.28 bits per heavy atom. The number of amides is 1. The molecule has 0 bridgehead atoms. The van der Waals surface area contributed by atoms with E-state index in [0.29, 0.717) is 0 Å². The number of hydrogen-bond donors (Lipinski definition) is 2.